The van der Waals surface area contributed by atoms with Crippen LogP contribution in [0.3, 0.4) is 0 Å². The van der Waals surface area contributed by atoms with Gasteiger partial charge in [0.05, 0.1) is 5.66 Å². The molecule has 0 bridgehead atoms. The number of hydrogen-bond acceptors (Lipinski definition) is 1. The first kappa shape index (κ1) is 10.4. The van der Waals surface area contributed by atoms with Crippen LogP contribution >= 0.6 is 7.60 Å². The zero-order valence-corrected chi connectivity index (χ0v) is 7.91. The lowest BCUT2D eigenvalue weighted by Gasteiger charge is -2.13. The van der Waals surface area contributed by atoms with Crippen LogP contribution in [0.2, 0.25) is 0 Å². The van der Waals surface area contributed by atoms with Gasteiger partial charge in [0.1, 0.15) is 5.82 Å². The summed E-state index contributed by atoms with van der Waals surface area (Å²) in [6.45, 7) is 1.41. The van der Waals surface area contributed by atoms with E-state index in [0.29, 0.717) is 5.56 Å². The van der Waals surface area contributed by atoms with Gasteiger partial charge < -0.3 is 9.79 Å². The molecule has 0 heterocycles. The Balaban J connectivity index is 2.97. The van der Waals surface area contributed by atoms with Crippen molar-refractivity contribution < 1.29 is 18.7 Å². The van der Waals surface area contributed by atoms with Gasteiger partial charge in [-0.2, -0.15) is 0 Å². The zero-order valence-electron chi connectivity index (χ0n) is 7.01. The summed E-state index contributed by atoms with van der Waals surface area (Å²) in [6.07, 6.45) is 0. The minimum atomic E-state index is -4.12. The molecule has 0 aliphatic carbocycles. The smallest absolute Gasteiger partial charge is 0.324 e. The normalized spacial score (nSPS) is 14.2. The van der Waals surface area contributed by atoms with E-state index in [1.165, 1.54) is 31.2 Å². The molecule has 0 saturated carbocycles. The van der Waals surface area contributed by atoms with Crippen molar-refractivity contribution in [1.29, 1.82) is 0 Å². The Bertz CT molecular complexity index is 330. The average Bonchev–Trinajstić information content (AvgIpc) is 2.03. The molecule has 1 rings (SSSR count). The van der Waals surface area contributed by atoms with Gasteiger partial charge in [-0.1, -0.05) is 12.1 Å². The van der Waals surface area contributed by atoms with Crippen LogP contribution in [0.1, 0.15) is 18.1 Å². The van der Waals surface area contributed by atoms with E-state index in [1.54, 1.807) is 0 Å². The van der Waals surface area contributed by atoms with Crippen molar-refractivity contribution in [3.05, 3.63) is 35.6 Å². The first-order valence-corrected chi connectivity index (χ1v) is 5.40. The molecule has 1 aromatic carbocycles. The van der Waals surface area contributed by atoms with E-state index in [4.69, 9.17) is 9.79 Å². The molecule has 0 saturated heterocycles. The summed E-state index contributed by atoms with van der Waals surface area (Å²) < 4.78 is 23.3. The highest BCUT2D eigenvalue weighted by atomic mass is 31.2. The van der Waals surface area contributed by atoms with Gasteiger partial charge in [-0.3, -0.25) is 4.57 Å². The third-order valence-electron chi connectivity index (χ3n) is 1.86. The van der Waals surface area contributed by atoms with Gasteiger partial charge in [0, 0.05) is 0 Å². The van der Waals surface area contributed by atoms with Crippen LogP contribution in [0.15, 0.2) is 24.3 Å². The van der Waals surface area contributed by atoms with E-state index < -0.39 is 19.1 Å². The lowest BCUT2D eigenvalue weighted by molar-refractivity contribution is 0.361. The summed E-state index contributed by atoms with van der Waals surface area (Å²) >= 11 is 0. The molecule has 3 nitrogen and oxygen atoms in total. The molecule has 0 aliphatic rings. The zero-order chi connectivity index (χ0) is 10.1. The molecule has 0 aromatic heterocycles. The minimum Gasteiger partial charge on any atom is -0.324 e. The van der Waals surface area contributed by atoms with Gasteiger partial charge in [-0.25, -0.2) is 4.39 Å². The van der Waals surface area contributed by atoms with Gasteiger partial charge >= 0.3 is 7.60 Å². The van der Waals surface area contributed by atoms with Crippen molar-refractivity contribution >= 4 is 7.60 Å². The summed E-state index contributed by atoms with van der Waals surface area (Å²) in [5.74, 6) is -0.415. The molecule has 0 radical (unpaired) electrons. The summed E-state index contributed by atoms with van der Waals surface area (Å²) in [7, 11) is -4.12. The first-order chi connectivity index (χ1) is 5.91. The first-order valence-electron chi connectivity index (χ1n) is 3.72. The predicted octanol–water partition coefficient (Wildman–Crippen LogP) is 2.06. The number of hydrogen-bond donors (Lipinski definition) is 2. The number of benzene rings is 1. The minimum absolute atomic E-state index is 0.415. The topological polar surface area (TPSA) is 57.5 Å². The van der Waals surface area contributed by atoms with Crippen LogP contribution in [0, 0.1) is 5.82 Å². The van der Waals surface area contributed by atoms with Crippen molar-refractivity contribution in [2.45, 2.75) is 12.6 Å². The molecule has 1 aromatic rings. The molecule has 0 amide bonds. The van der Waals surface area contributed by atoms with Crippen LogP contribution in [0.4, 0.5) is 4.39 Å². The van der Waals surface area contributed by atoms with Gasteiger partial charge in [0.15, 0.2) is 0 Å². The molecule has 1 atom stereocenters. The summed E-state index contributed by atoms with van der Waals surface area (Å²) in [5, 5.41) is 0. The van der Waals surface area contributed by atoms with Crippen LogP contribution in [-0.2, 0) is 4.57 Å². The van der Waals surface area contributed by atoms with Gasteiger partial charge in [-0.15, -0.1) is 0 Å². The van der Waals surface area contributed by atoms with Crippen molar-refractivity contribution in [2.24, 2.45) is 0 Å². The van der Waals surface area contributed by atoms with Crippen LogP contribution in [0.5, 0.6) is 0 Å². The largest absolute Gasteiger partial charge is 0.332 e. The standard InChI is InChI=1S/C8H10FO3P/c1-6(13(10,11)12)7-2-4-8(9)5-3-7/h2-6H,1H3,(H2,10,11,12)/t6-/m0/s1. The Kier molecular flexibility index (Phi) is 2.86. The fraction of sp³-hybridized carbons (Fsp3) is 0.250. The maximum Gasteiger partial charge on any atom is 0.332 e. The van der Waals surface area contributed by atoms with Crippen molar-refractivity contribution in [2.75, 3.05) is 0 Å². The lowest BCUT2D eigenvalue weighted by Crippen LogP contribution is -1.94. The molecule has 13 heavy (non-hydrogen) atoms. The van der Waals surface area contributed by atoms with Crippen molar-refractivity contribution in [3.8, 4) is 0 Å². The Labute approximate surface area is 75.4 Å². The second-order valence-corrected chi connectivity index (χ2v) is 4.77. The summed E-state index contributed by atoms with van der Waals surface area (Å²) in [6, 6.07) is 5.11. The number of rotatable bonds is 2. The lowest BCUT2D eigenvalue weighted by atomic mass is 10.2. The van der Waals surface area contributed by atoms with E-state index in [-0.39, 0.29) is 0 Å². The van der Waals surface area contributed by atoms with Crippen molar-refractivity contribution in [3.63, 3.8) is 0 Å². The third-order valence-corrected chi connectivity index (χ3v) is 3.16. The maximum absolute atomic E-state index is 12.5. The van der Waals surface area contributed by atoms with Gasteiger partial charge in [0.25, 0.3) is 0 Å². The average molecular weight is 204 g/mol. The third kappa shape index (κ3) is 2.62. The van der Waals surface area contributed by atoms with Crippen LogP contribution < -0.4 is 0 Å². The van der Waals surface area contributed by atoms with Gasteiger partial charge in [-0.05, 0) is 24.6 Å². The SMILES string of the molecule is C[C@@H](c1ccc(F)cc1)P(=O)(O)O. The highest BCUT2D eigenvalue weighted by Gasteiger charge is 2.25. The van der Waals surface area contributed by atoms with E-state index in [2.05, 4.69) is 0 Å². The van der Waals surface area contributed by atoms with E-state index in [9.17, 15) is 8.96 Å². The molecule has 72 valence electrons. The number of halogens is 1. The predicted molar refractivity (Wildman–Crippen MR) is 46.9 cm³/mol. The molecular weight excluding hydrogens is 194 g/mol. The second-order valence-electron chi connectivity index (χ2n) is 2.82. The molecule has 2 N–H and O–H groups in total. The van der Waals surface area contributed by atoms with E-state index >= 15 is 0 Å². The highest BCUT2D eigenvalue weighted by molar-refractivity contribution is 7.52. The Hall–Kier alpha value is -0.700. The van der Waals surface area contributed by atoms with Crippen LogP contribution in [-0.4, -0.2) is 9.79 Å². The second kappa shape index (κ2) is 3.58. The fourth-order valence-corrected chi connectivity index (χ4v) is 1.50. The summed E-state index contributed by atoms with van der Waals surface area (Å²) in [4.78, 5) is 17.7. The van der Waals surface area contributed by atoms with Crippen molar-refractivity contribution in [1.82, 2.24) is 0 Å². The Morgan fingerprint density at radius 1 is 1.31 bits per heavy atom. The van der Waals surface area contributed by atoms with Gasteiger partial charge in [0.2, 0.25) is 0 Å². The maximum atomic E-state index is 12.5. The van der Waals surface area contributed by atoms with E-state index in [0.717, 1.165) is 0 Å². The molecule has 0 spiro atoms. The molecule has 0 aliphatic heterocycles. The fourth-order valence-electron chi connectivity index (χ4n) is 0.935. The highest BCUT2D eigenvalue weighted by Crippen LogP contribution is 2.51. The monoisotopic (exact) mass is 204 g/mol. The van der Waals surface area contributed by atoms with E-state index in [1.807, 2.05) is 0 Å². The molecule has 5 heteroatoms. The quantitative estimate of drug-likeness (QED) is 0.725. The molecule has 0 fully saturated rings. The molecule has 0 unspecified atom stereocenters. The van der Waals surface area contributed by atoms with Crippen LogP contribution in [0.25, 0.3) is 0 Å². The Morgan fingerprint density at radius 2 is 1.77 bits per heavy atom. The summed E-state index contributed by atoms with van der Waals surface area (Å²) in [5.41, 5.74) is -0.442. The Morgan fingerprint density at radius 3 is 2.15 bits per heavy atom. The molecular formula is C8H10FO3P.